The summed E-state index contributed by atoms with van der Waals surface area (Å²) in [7, 11) is 0. The summed E-state index contributed by atoms with van der Waals surface area (Å²) in [6, 6.07) is 12.6. The van der Waals surface area contributed by atoms with E-state index in [9.17, 15) is 0 Å². The summed E-state index contributed by atoms with van der Waals surface area (Å²) in [4.78, 5) is 11.4. The van der Waals surface area contributed by atoms with Crippen LogP contribution in [0, 0.1) is 6.92 Å². The molecule has 5 rings (SSSR count). The second-order valence-corrected chi connectivity index (χ2v) is 7.26. The Morgan fingerprint density at radius 1 is 1.00 bits per heavy atom. The van der Waals surface area contributed by atoms with Gasteiger partial charge in [-0.2, -0.15) is 15.1 Å². The van der Waals surface area contributed by atoms with Gasteiger partial charge in [-0.25, -0.2) is 4.68 Å². The number of aromatic nitrogens is 4. The molecule has 4 heterocycles. The van der Waals surface area contributed by atoms with Crippen molar-refractivity contribution in [2.24, 2.45) is 0 Å². The maximum absolute atomic E-state index is 5.90. The quantitative estimate of drug-likeness (QED) is 0.658. The van der Waals surface area contributed by atoms with Gasteiger partial charge >= 0.3 is 6.01 Å². The van der Waals surface area contributed by atoms with Crippen LogP contribution in [-0.4, -0.2) is 65.4 Å². The monoisotopic (exact) mass is 393 g/mol. The van der Waals surface area contributed by atoms with Gasteiger partial charge < -0.3 is 19.1 Å². The minimum atomic E-state index is 0.00302. The number of aryl methyl sites for hydroxylation is 1. The lowest BCUT2D eigenvalue weighted by Gasteiger charge is -2.29. The van der Waals surface area contributed by atoms with Crippen LogP contribution in [0.15, 0.2) is 42.6 Å². The number of benzene rings is 1. The molecule has 2 fully saturated rings. The van der Waals surface area contributed by atoms with Crippen molar-refractivity contribution in [1.82, 2.24) is 19.7 Å². The fraction of sp³-hybridized carbons (Fsp3) is 0.381. The van der Waals surface area contributed by atoms with E-state index in [1.807, 2.05) is 24.4 Å². The molecule has 8 nitrogen and oxygen atoms in total. The van der Waals surface area contributed by atoms with Crippen molar-refractivity contribution in [2.45, 2.75) is 13.0 Å². The van der Waals surface area contributed by atoms with Crippen molar-refractivity contribution in [2.75, 3.05) is 44.4 Å². The molecule has 0 unspecified atom stereocenters. The predicted octanol–water partition coefficient (Wildman–Crippen LogP) is 2.25. The van der Waals surface area contributed by atoms with Gasteiger partial charge in [-0.3, -0.25) is 0 Å². The first-order chi connectivity index (χ1) is 14.2. The van der Waals surface area contributed by atoms with E-state index in [1.54, 1.807) is 4.68 Å². The number of rotatable bonds is 5. The Morgan fingerprint density at radius 2 is 1.83 bits per heavy atom. The number of hydrogen-bond donors (Lipinski definition) is 0. The molecule has 0 aliphatic carbocycles. The lowest BCUT2D eigenvalue weighted by Crippen LogP contribution is -2.39. The molecule has 0 amide bonds. The van der Waals surface area contributed by atoms with Crippen molar-refractivity contribution in [1.29, 1.82) is 0 Å². The number of hydrogen-bond acceptors (Lipinski definition) is 7. The zero-order valence-corrected chi connectivity index (χ0v) is 16.3. The smallest absolute Gasteiger partial charge is 0.320 e. The van der Waals surface area contributed by atoms with Crippen LogP contribution in [0.5, 0.6) is 6.01 Å². The molecular weight excluding hydrogens is 370 g/mol. The Hall–Kier alpha value is -2.97. The average Bonchev–Trinajstić information content (AvgIpc) is 3.22. The minimum absolute atomic E-state index is 0.00302. The molecule has 8 heteroatoms. The Balaban J connectivity index is 1.48. The molecule has 2 aliphatic rings. The van der Waals surface area contributed by atoms with Gasteiger partial charge in [-0.05, 0) is 19.1 Å². The van der Waals surface area contributed by atoms with Crippen LogP contribution in [0.2, 0.25) is 0 Å². The van der Waals surface area contributed by atoms with Crippen molar-refractivity contribution >= 4 is 5.82 Å². The van der Waals surface area contributed by atoms with Crippen LogP contribution in [0.3, 0.4) is 0 Å². The van der Waals surface area contributed by atoms with Crippen LogP contribution in [-0.2, 0) is 9.47 Å². The Kier molecular flexibility index (Phi) is 4.87. The number of anilines is 1. The van der Waals surface area contributed by atoms with E-state index in [4.69, 9.17) is 19.3 Å². The third-order valence-corrected chi connectivity index (χ3v) is 5.03. The lowest BCUT2D eigenvalue weighted by molar-refractivity contribution is -0.0831. The molecule has 0 bridgehead atoms. The zero-order valence-electron chi connectivity index (χ0n) is 16.3. The first-order valence-corrected chi connectivity index (χ1v) is 9.84. The van der Waals surface area contributed by atoms with E-state index in [0.29, 0.717) is 38.3 Å². The van der Waals surface area contributed by atoms with E-state index in [1.165, 1.54) is 5.56 Å². The molecule has 0 N–H and O–H groups in total. The van der Waals surface area contributed by atoms with Crippen molar-refractivity contribution < 1.29 is 14.2 Å². The summed E-state index contributed by atoms with van der Waals surface area (Å²) in [5, 5.41) is 4.74. The van der Waals surface area contributed by atoms with E-state index in [2.05, 4.69) is 40.0 Å². The number of ether oxygens (including phenoxy) is 3. The van der Waals surface area contributed by atoms with Gasteiger partial charge in [0.25, 0.3) is 0 Å². The summed E-state index contributed by atoms with van der Waals surface area (Å²) in [6.07, 6.45) is 1.92. The molecule has 0 radical (unpaired) electrons. The highest BCUT2D eigenvalue weighted by molar-refractivity contribution is 5.60. The average molecular weight is 393 g/mol. The van der Waals surface area contributed by atoms with Gasteiger partial charge in [0.15, 0.2) is 5.82 Å². The molecule has 0 atom stereocenters. The number of morpholine rings is 1. The third kappa shape index (κ3) is 3.94. The SMILES string of the molecule is Cc1cccc(-c2ccn(-c3cc(N4CCOCC4)nc(OC4COC4)n3)n2)c1. The molecule has 3 aromatic rings. The largest absolute Gasteiger partial charge is 0.455 e. The fourth-order valence-corrected chi connectivity index (χ4v) is 3.37. The maximum atomic E-state index is 5.90. The molecule has 150 valence electrons. The number of nitrogens with zero attached hydrogens (tertiary/aromatic N) is 5. The lowest BCUT2D eigenvalue weighted by atomic mass is 10.1. The van der Waals surface area contributed by atoms with Crippen LogP contribution in [0.1, 0.15) is 5.56 Å². The van der Waals surface area contributed by atoms with Gasteiger partial charge in [-0.1, -0.05) is 23.8 Å². The summed E-state index contributed by atoms with van der Waals surface area (Å²) < 4.78 is 18.4. The summed E-state index contributed by atoms with van der Waals surface area (Å²) in [5.41, 5.74) is 3.18. The van der Waals surface area contributed by atoms with Crippen molar-refractivity contribution in [3.05, 3.63) is 48.2 Å². The predicted molar refractivity (Wildman–Crippen MR) is 108 cm³/mol. The molecule has 1 aromatic carbocycles. The molecule has 0 spiro atoms. The molecular formula is C21H23N5O3. The van der Waals surface area contributed by atoms with E-state index in [-0.39, 0.29) is 6.10 Å². The maximum Gasteiger partial charge on any atom is 0.320 e. The normalized spacial score (nSPS) is 17.2. The Morgan fingerprint density at radius 3 is 2.59 bits per heavy atom. The summed E-state index contributed by atoms with van der Waals surface area (Å²) in [5.74, 6) is 1.50. The van der Waals surface area contributed by atoms with E-state index < -0.39 is 0 Å². The summed E-state index contributed by atoms with van der Waals surface area (Å²) in [6.45, 7) is 6.16. The first-order valence-electron chi connectivity index (χ1n) is 9.84. The van der Waals surface area contributed by atoms with Crippen molar-refractivity contribution in [3.8, 4) is 23.1 Å². The minimum Gasteiger partial charge on any atom is -0.455 e. The summed E-state index contributed by atoms with van der Waals surface area (Å²) >= 11 is 0. The highest BCUT2D eigenvalue weighted by atomic mass is 16.6. The van der Waals surface area contributed by atoms with Crippen LogP contribution in [0.4, 0.5) is 5.82 Å². The highest BCUT2D eigenvalue weighted by Gasteiger charge is 2.23. The van der Waals surface area contributed by atoms with Crippen molar-refractivity contribution in [3.63, 3.8) is 0 Å². The van der Waals surface area contributed by atoms with Gasteiger partial charge in [0, 0.05) is 30.9 Å². The molecule has 0 saturated carbocycles. The van der Waals surface area contributed by atoms with E-state index in [0.717, 1.165) is 30.2 Å². The second-order valence-electron chi connectivity index (χ2n) is 7.26. The highest BCUT2D eigenvalue weighted by Crippen LogP contribution is 2.23. The molecule has 2 aliphatic heterocycles. The van der Waals surface area contributed by atoms with Gasteiger partial charge in [0.1, 0.15) is 11.9 Å². The fourth-order valence-electron chi connectivity index (χ4n) is 3.37. The van der Waals surface area contributed by atoms with Crippen LogP contribution < -0.4 is 9.64 Å². The molecule has 2 saturated heterocycles. The van der Waals surface area contributed by atoms with Gasteiger partial charge in [-0.15, -0.1) is 0 Å². The zero-order chi connectivity index (χ0) is 19.6. The molecule has 2 aromatic heterocycles. The van der Waals surface area contributed by atoms with Crippen LogP contribution in [0.25, 0.3) is 17.1 Å². The second kappa shape index (κ2) is 7.81. The third-order valence-electron chi connectivity index (χ3n) is 5.03. The Bertz CT molecular complexity index is 995. The standard InChI is InChI=1S/C21H23N5O3/c1-15-3-2-4-16(11-15)18-5-6-26(24-18)20-12-19(25-7-9-27-10-8-25)22-21(23-20)29-17-13-28-14-17/h2-6,11-12,17H,7-10,13-14H2,1H3. The van der Waals surface area contributed by atoms with Gasteiger partial charge in [0.05, 0.1) is 32.1 Å². The first kappa shape index (κ1) is 18.1. The Labute approximate surface area is 169 Å². The topological polar surface area (TPSA) is 74.5 Å². The van der Waals surface area contributed by atoms with Gasteiger partial charge in [0.2, 0.25) is 0 Å². The van der Waals surface area contributed by atoms with E-state index >= 15 is 0 Å². The molecule has 29 heavy (non-hydrogen) atoms. The van der Waals surface area contributed by atoms with Crippen LogP contribution >= 0.6 is 0 Å².